The van der Waals surface area contributed by atoms with Gasteiger partial charge in [0.25, 0.3) is 0 Å². The normalized spacial score (nSPS) is 15.3. The summed E-state index contributed by atoms with van der Waals surface area (Å²) in [4.78, 5) is 203. The minimum absolute atomic E-state index is 0.00795. The lowest BCUT2D eigenvalue weighted by molar-refractivity contribution is -0.145. The van der Waals surface area contributed by atoms with Crippen molar-refractivity contribution in [2.45, 2.75) is 159 Å². The molecule has 102 heavy (non-hydrogen) atoms. The van der Waals surface area contributed by atoms with Crippen LogP contribution in [0.25, 0.3) is 0 Å². The van der Waals surface area contributed by atoms with Gasteiger partial charge in [0.2, 0.25) is 76.8 Å². The molecule has 1 heterocycles. The fraction of sp³-hybridized carbons (Fsp3) is 0.700. The lowest BCUT2D eigenvalue weighted by Gasteiger charge is -2.29. The van der Waals surface area contributed by atoms with E-state index in [-0.39, 0.29) is 89.4 Å². The molecule has 0 radical (unpaired) electrons. The molecule has 1 saturated heterocycles. The minimum atomic E-state index is -1.71. The summed E-state index contributed by atoms with van der Waals surface area (Å²) in [5.41, 5.74) is 16.5. The van der Waals surface area contributed by atoms with Crippen LogP contribution in [-0.4, -0.2) is 290 Å². The maximum atomic E-state index is 13.9. The summed E-state index contributed by atoms with van der Waals surface area (Å²) < 4.78 is 0. The predicted octanol–water partition coefficient (Wildman–Crippen LogP) is -10.8. The van der Waals surface area contributed by atoms with Crippen LogP contribution in [0, 0.1) is 5.92 Å². The van der Waals surface area contributed by atoms with Crippen LogP contribution in [0.3, 0.4) is 0 Å². The molecule has 0 aromatic carbocycles. The zero-order valence-electron chi connectivity index (χ0n) is 60.1. The first-order chi connectivity index (χ1) is 48.3. The van der Waals surface area contributed by atoms with Gasteiger partial charge in [-0.1, -0.05) is 13.8 Å². The summed E-state index contributed by atoms with van der Waals surface area (Å²) >= 11 is 0. The summed E-state index contributed by atoms with van der Waals surface area (Å²) in [6.45, 7) is 4.84. The van der Waals surface area contributed by atoms with E-state index in [0.717, 1.165) is 0 Å². The Balaban J connectivity index is 3.19. The van der Waals surface area contributed by atoms with E-state index in [4.69, 9.17) is 17.2 Å². The topological polar surface area (TPSA) is 627 Å². The lowest BCUT2D eigenvalue weighted by atomic mass is 10.1. The van der Waals surface area contributed by atoms with E-state index in [0.29, 0.717) is 37.3 Å². The number of aliphatic hydroxyl groups excluding tert-OH is 1. The van der Waals surface area contributed by atoms with E-state index >= 15 is 0 Å². The minimum Gasteiger partial charge on any atom is -0.480 e. The first kappa shape index (κ1) is 89.6. The first-order valence-electron chi connectivity index (χ1n) is 33.4. The predicted molar refractivity (Wildman–Crippen MR) is 376 cm³/mol. The molecule has 10 atom stereocenters. The number of carboxylic acid groups (broad SMARTS) is 1. The van der Waals surface area contributed by atoms with Gasteiger partial charge in [-0.3, -0.25) is 82.3 Å². The van der Waals surface area contributed by atoms with Crippen LogP contribution in [0.2, 0.25) is 0 Å². The molecule has 26 N–H and O–H groups in total. The Hall–Kier alpha value is -10.4. The third-order valence-electron chi connectivity index (χ3n) is 15.3. The van der Waals surface area contributed by atoms with Crippen molar-refractivity contribution >= 4 is 107 Å². The average Bonchev–Trinajstić information content (AvgIpc) is 1.65. The number of hydrogen-bond donors (Lipinski definition) is 23. The Kier molecular flexibility index (Phi) is 43.2. The Morgan fingerprint density at radius 3 is 1.31 bits per heavy atom. The molecule has 42 heteroatoms. The molecule has 0 aliphatic carbocycles. The van der Waals surface area contributed by atoms with E-state index in [2.05, 4.69) is 116 Å². The molecule has 0 aromatic rings. The van der Waals surface area contributed by atoms with Crippen LogP contribution in [0.15, 0.2) is 20.0 Å². The number of likely N-dealkylation sites (tertiary alicyclic amines) is 1. The first-order valence-corrected chi connectivity index (χ1v) is 33.4. The average molecular weight is 1450 g/mol. The molecule has 1 rings (SSSR count). The number of carbonyl (C=O) groups excluding carboxylic acids is 13. The number of aliphatic hydroxyl groups is 1. The van der Waals surface area contributed by atoms with Crippen LogP contribution in [-0.2, 0) is 67.1 Å². The third-order valence-corrected chi connectivity index (χ3v) is 15.3. The molecular formula is C60H110N26O16. The summed E-state index contributed by atoms with van der Waals surface area (Å²) in [6, 6.07) is -11.5. The third kappa shape index (κ3) is 35.6. The number of carbonyl (C=O) groups is 14. The molecule has 0 aromatic heterocycles. The highest BCUT2D eigenvalue weighted by molar-refractivity contribution is 5.98. The molecule has 0 bridgehead atoms. The van der Waals surface area contributed by atoms with Crippen LogP contribution in [0.5, 0.6) is 0 Å². The van der Waals surface area contributed by atoms with Gasteiger partial charge >= 0.3 is 5.97 Å². The highest BCUT2D eigenvalue weighted by Gasteiger charge is 2.39. The highest BCUT2D eigenvalue weighted by atomic mass is 16.4. The van der Waals surface area contributed by atoms with Gasteiger partial charge in [0.1, 0.15) is 48.3 Å². The second-order valence-electron chi connectivity index (χ2n) is 23.7. The monoisotopic (exact) mass is 1450 g/mol. The number of nitrogens with zero attached hydrogens (tertiary/aromatic N) is 5. The van der Waals surface area contributed by atoms with Crippen molar-refractivity contribution in [2.24, 2.45) is 43.1 Å². The smallest absolute Gasteiger partial charge is 0.326 e. The fourth-order valence-electron chi connectivity index (χ4n) is 9.58. The van der Waals surface area contributed by atoms with Gasteiger partial charge in [-0.25, -0.2) is 4.79 Å². The number of nitrogens with two attached hydrogens (primary N) is 3. The van der Waals surface area contributed by atoms with Crippen molar-refractivity contribution in [3.8, 4) is 0 Å². The van der Waals surface area contributed by atoms with E-state index in [9.17, 15) is 77.3 Å². The van der Waals surface area contributed by atoms with E-state index < -0.39 is 176 Å². The molecule has 1 aliphatic rings. The Labute approximate surface area is 592 Å². The van der Waals surface area contributed by atoms with Gasteiger partial charge in [0.15, 0.2) is 23.8 Å². The number of aliphatic carboxylic acids is 1. The van der Waals surface area contributed by atoms with Gasteiger partial charge in [0, 0.05) is 75.0 Å². The van der Waals surface area contributed by atoms with Crippen LogP contribution in [0.4, 0.5) is 0 Å². The zero-order valence-corrected chi connectivity index (χ0v) is 60.1. The Morgan fingerprint density at radius 1 is 0.471 bits per heavy atom. The summed E-state index contributed by atoms with van der Waals surface area (Å²) in [7, 11) is 9.59. The number of hydrogen-bond acceptors (Lipinski definition) is 20. The maximum absolute atomic E-state index is 13.9. The lowest BCUT2D eigenvalue weighted by Crippen LogP contribution is -2.59. The second-order valence-corrected chi connectivity index (χ2v) is 23.7. The van der Waals surface area contributed by atoms with E-state index in [1.54, 1.807) is 49.1 Å². The van der Waals surface area contributed by atoms with E-state index in [1.165, 1.54) is 32.7 Å². The van der Waals surface area contributed by atoms with Crippen molar-refractivity contribution in [3.05, 3.63) is 0 Å². The zero-order chi connectivity index (χ0) is 77.0. The van der Waals surface area contributed by atoms with Crippen molar-refractivity contribution in [1.29, 1.82) is 0 Å². The largest absolute Gasteiger partial charge is 0.480 e. The molecule has 0 unspecified atom stereocenters. The number of carboxylic acids is 1. The van der Waals surface area contributed by atoms with Crippen molar-refractivity contribution in [3.63, 3.8) is 0 Å². The summed E-state index contributed by atoms with van der Waals surface area (Å²) in [6.07, 6.45) is -0.0957. The number of rotatable bonds is 44. The standard InChI is InChI=1S/C60H110N26O16/c1-32(2)46(61)53(98)78-27-41(88)74-28-42(89)81-36(17-12-23-71-58(64-6)65-7)49(94)75-29-43(90)82-37(18-13-24-72-59(66-8)67-9)50(95)76-30-44(91)83-38(19-14-25-73-60(68-10)69-11)51(96)77-31-45(92)85-47(35(5)87)54(99)79-33(3)48(93)80-34(4)55(100)86-26-16-21-40(86)52(97)84-39(56(101)102)20-15-22-70-57(62)63/h32-40,46-47,87H,12-31,61H2,1-11H3,(H,74,88)(H,75,94)(H,76,95)(H,77,96)(H,78,98)(H,79,99)(H,80,93)(H,81,89)(H,82,90)(H,83,91)(H,84,97)(H,85,92)(H,101,102)(H4,62,63,70)(H2,64,65,71)(H2,66,67,72)(H2,68,69,73)/t33-,34-,35+,36-,37-,38-,39-,40-,46-,47-/m0/s1. The number of amides is 13. The van der Waals surface area contributed by atoms with Gasteiger partial charge < -0.3 is 128 Å². The van der Waals surface area contributed by atoms with Crippen molar-refractivity contribution < 1.29 is 77.3 Å². The fourth-order valence-corrected chi connectivity index (χ4v) is 9.58. The molecule has 13 amide bonds. The quantitative estimate of drug-likeness (QED) is 0.0153. The molecule has 42 nitrogen and oxygen atoms in total. The molecule has 0 saturated carbocycles. The van der Waals surface area contributed by atoms with Crippen molar-refractivity contribution in [1.82, 2.24) is 101 Å². The molecular weight excluding hydrogens is 1340 g/mol. The van der Waals surface area contributed by atoms with Crippen LogP contribution in [0.1, 0.15) is 98.8 Å². The summed E-state index contributed by atoms with van der Waals surface area (Å²) in [5, 5.41) is 66.9. The van der Waals surface area contributed by atoms with Gasteiger partial charge in [0.05, 0.1) is 44.9 Å². The number of aliphatic imine (C=N–C) groups is 4. The second kappa shape index (κ2) is 49.2. The maximum Gasteiger partial charge on any atom is 0.326 e. The Bertz CT molecular complexity index is 2920. The summed E-state index contributed by atoms with van der Waals surface area (Å²) in [5.74, 6) is -11.1. The van der Waals surface area contributed by atoms with Gasteiger partial charge in [-0.05, 0) is 90.9 Å². The van der Waals surface area contributed by atoms with Gasteiger partial charge in [-0.15, -0.1) is 0 Å². The SMILES string of the molecule is CN=C(NC)NCCC[C@H](NC(=O)CNC(=O)CNC(=O)[C@@H](N)C(C)C)C(=O)NCC(=O)N[C@@H](CCCN=C(NC)NC)C(=O)NCC(=O)N[C@@H](CCCNC(=NC)NC)C(=O)NCC(=O)N[C@H](C(=O)N[C@@H](C)C(=O)N[C@@H](C)C(=O)N1CCC[C@H]1C(=O)N[C@@H](CCCN=C(N)N)C(=O)O)[C@@H](C)O. The molecule has 1 aliphatic heterocycles. The molecule has 576 valence electrons. The number of nitrogens with one attached hydrogen (secondary N) is 18. The van der Waals surface area contributed by atoms with Crippen molar-refractivity contribution in [2.75, 3.05) is 108 Å². The molecule has 1 fully saturated rings. The number of guanidine groups is 4. The van der Waals surface area contributed by atoms with Crippen LogP contribution < -0.4 is 113 Å². The highest BCUT2D eigenvalue weighted by Crippen LogP contribution is 2.19. The van der Waals surface area contributed by atoms with E-state index in [1.807, 2.05) is 0 Å². The Morgan fingerprint density at radius 2 is 0.882 bits per heavy atom. The van der Waals surface area contributed by atoms with Crippen LogP contribution >= 0.6 is 0 Å². The molecule has 0 spiro atoms. The van der Waals surface area contributed by atoms with Gasteiger partial charge in [-0.2, -0.15) is 0 Å².